The summed E-state index contributed by atoms with van der Waals surface area (Å²) < 4.78 is 5.30. The van der Waals surface area contributed by atoms with Crippen molar-refractivity contribution in [3.05, 3.63) is 12.4 Å². The Labute approximate surface area is 125 Å². The summed E-state index contributed by atoms with van der Waals surface area (Å²) in [6.07, 6.45) is 3.66. The molecule has 112 valence electrons. The van der Waals surface area contributed by atoms with Crippen LogP contribution in [0.25, 0.3) is 0 Å². The minimum atomic E-state index is 0.629. The van der Waals surface area contributed by atoms with Crippen molar-refractivity contribution >= 4 is 25.0 Å². The van der Waals surface area contributed by atoms with Crippen LogP contribution in [0.4, 0.5) is 5.95 Å². The van der Waals surface area contributed by atoms with E-state index in [1.807, 2.05) is 20.2 Å². The number of nitrogens with zero attached hydrogens (tertiary/aromatic N) is 5. The van der Waals surface area contributed by atoms with E-state index in [1.54, 1.807) is 0 Å². The molecule has 21 heavy (non-hydrogen) atoms. The molecule has 2 aliphatic heterocycles. The van der Waals surface area contributed by atoms with Crippen molar-refractivity contribution in [2.24, 2.45) is 5.16 Å². The molecule has 0 bridgehead atoms. The summed E-state index contributed by atoms with van der Waals surface area (Å²) >= 11 is 0. The van der Waals surface area contributed by atoms with Crippen LogP contribution in [0.5, 0.6) is 0 Å². The smallest absolute Gasteiger partial charge is 0.225 e. The number of morpholine rings is 1. The van der Waals surface area contributed by atoms with Gasteiger partial charge in [0, 0.05) is 32.0 Å². The molecule has 2 aliphatic rings. The molecule has 0 radical (unpaired) electrons. The molecule has 0 aliphatic carbocycles. The van der Waals surface area contributed by atoms with Gasteiger partial charge in [0.25, 0.3) is 0 Å². The molecule has 0 saturated carbocycles. The highest BCUT2D eigenvalue weighted by atomic mass is 16.6. The van der Waals surface area contributed by atoms with E-state index in [1.165, 1.54) is 0 Å². The Balaban J connectivity index is 1.34. The third-order valence-corrected chi connectivity index (χ3v) is 3.59. The Morgan fingerprint density at radius 3 is 2.67 bits per heavy atom. The fourth-order valence-electron chi connectivity index (χ4n) is 2.27. The SMILES string of the molecule is Bc1cnc(N2CC(=NOCCN3CCOCC3)C2)nc1. The molecule has 3 heterocycles. The number of ether oxygens (including phenoxy) is 1. The van der Waals surface area contributed by atoms with E-state index in [-0.39, 0.29) is 0 Å². The van der Waals surface area contributed by atoms with Gasteiger partial charge in [0.2, 0.25) is 5.95 Å². The van der Waals surface area contributed by atoms with E-state index in [9.17, 15) is 0 Å². The van der Waals surface area contributed by atoms with E-state index in [0.29, 0.717) is 6.61 Å². The Hall–Kier alpha value is -1.67. The van der Waals surface area contributed by atoms with E-state index in [2.05, 4.69) is 24.9 Å². The second-order valence-electron chi connectivity index (χ2n) is 5.36. The number of aromatic nitrogens is 2. The highest BCUT2D eigenvalue weighted by Crippen LogP contribution is 2.12. The molecule has 0 atom stereocenters. The van der Waals surface area contributed by atoms with E-state index < -0.39 is 0 Å². The number of hydrogen-bond acceptors (Lipinski definition) is 7. The predicted octanol–water partition coefficient (Wildman–Crippen LogP) is -1.74. The Kier molecular flexibility index (Phi) is 4.67. The van der Waals surface area contributed by atoms with Gasteiger partial charge in [-0.25, -0.2) is 9.97 Å². The summed E-state index contributed by atoms with van der Waals surface area (Å²) in [7, 11) is 1.98. The molecular weight excluding hydrogens is 269 g/mol. The average molecular weight is 289 g/mol. The van der Waals surface area contributed by atoms with Crippen LogP contribution in [0.1, 0.15) is 0 Å². The first-order valence-electron chi connectivity index (χ1n) is 7.33. The van der Waals surface area contributed by atoms with E-state index >= 15 is 0 Å². The number of hydrogen-bond donors (Lipinski definition) is 0. The highest BCUT2D eigenvalue weighted by Gasteiger charge is 2.24. The first-order valence-corrected chi connectivity index (χ1v) is 7.33. The van der Waals surface area contributed by atoms with E-state index in [0.717, 1.165) is 63.1 Å². The monoisotopic (exact) mass is 289 g/mol. The lowest BCUT2D eigenvalue weighted by Gasteiger charge is -2.32. The predicted molar refractivity (Wildman–Crippen MR) is 83.1 cm³/mol. The minimum Gasteiger partial charge on any atom is -0.394 e. The number of oxime groups is 1. The number of anilines is 1. The molecule has 0 unspecified atom stereocenters. The van der Waals surface area contributed by atoms with Crippen molar-refractivity contribution in [2.45, 2.75) is 0 Å². The quantitative estimate of drug-likeness (QED) is 0.364. The van der Waals surface area contributed by atoms with Crippen molar-refractivity contribution in [2.75, 3.05) is 57.4 Å². The summed E-state index contributed by atoms with van der Waals surface area (Å²) in [5.41, 5.74) is 2.11. The first kappa shape index (κ1) is 14.3. The van der Waals surface area contributed by atoms with Gasteiger partial charge in [-0.05, 0) is 0 Å². The van der Waals surface area contributed by atoms with Gasteiger partial charge in [-0.15, -0.1) is 0 Å². The maximum Gasteiger partial charge on any atom is 0.225 e. The van der Waals surface area contributed by atoms with Crippen LogP contribution in [0.15, 0.2) is 17.5 Å². The second kappa shape index (κ2) is 6.86. The summed E-state index contributed by atoms with van der Waals surface area (Å²) in [6.45, 7) is 6.65. The lowest BCUT2D eigenvalue weighted by Crippen LogP contribution is -2.48. The van der Waals surface area contributed by atoms with Crippen LogP contribution in [-0.2, 0) is 9.57 Å². The first-order chi connectivity index (χ1) is 10.3. The molecule has 8 heteroatoms. The van der Waals surface area contributed by atoms with Gasteiger partial charge in [0.1, 0.15) is 14.5 Å². The average Bonchev–Trinajstić information content (AvgIpc) is 2.48. The number of rotatable bonds is 5. The van der Waals surface area contributed by atoms with Gasteiger partial charge in [-0.1, -0.05) is 10.6 Å². The van der Waals surface area contributed by atoms with Crippen LogP contribution in [0, 0.1) is 0 Å². The van der Waals surface area contributed by atoms with Crippen LogP contribution in [0.3, 0.4) is 0 Å². The van der Waals surface area contributed by atoms with Gasteiger partial charge in [-0.3, -0.25) is 4.90 Å². The zero-order valence-electron chi connectivity index (χ0n) is 12.4. The summed E-state index contributed by atoms with van der Waals surface area (Å²) in [4.78, 5) is 18.4. The normalized spacial score (nSPS) is 19.2. The molecule has 2 fully saturated rings. The molecule has 1 aromatic heterocycles. The Morgan fingerprint density at radius 1 is 1.24 bits per heavy atom. The summed E-state index contributed by atoms with van der Waals surface area (Å²) in [5, 5.41) is 4.17. The molecular formula is C13H20BN5O2. The summed E-state index contributed by atoms with van der Waals surface area (Å²) in [6, 6.07) is 0. The molecule has 3 rings (SSSR count). The fraction of sp³-hybridized carbons (Fsp3) is 0.615. The molecule has 2 saturated heterocycles. The van der Waals surface area contributed by atoms with Crippen molar-refractivity contribution < 1.29 is 9.57 Å². The van der Waals surface area contributed by atoms with Crippen LogP contribution in [-0.4, -0.2) is 81.0 Å². The molecule has 0 amide bonds. The minimum absolute atomic E-state index is 0.629. The molecule has 1 aromatic rings. The van der Waals surface area contributed by atoms with Gasteiger partial charge in [0.15, 0.2) is 0 Å². The fourth-order valence-corrected chi connectivity index (χ4v) is 2.27. The van der Waals surface area contributed by atoms with E-state index in [4.69, 9.17) is 9.57 Å². The standard InChI is InChI=1S/C13H20BN5O2/c14-11-7-15-13(16-8-11)19-9-12(10-19)17-21-6-3-18-1-4-20-5-2-18/h7-8H,1-6,9-10,14H2. The summed E-state index contributed by atoms with van der Waals surface area (Å²) in [5.74, 6) is 0.757. The van der Waals surface area contributed by atoms with Gasteiger partial charge in [-0.2, -0.15) is 0 Å². The largest absolute Gasteiger partial charge is 0.394 e. The molecule has 0 aromatic carbocycles. The third kappa shape index (κ3) is 3.92. The third-order valence-electron chi connectivity index (χ3n) is 3.59. The second-order valence-corrected chi connectivity index (χ2v) is 5.36. The van der Waals surface area contributed by atoms with Crippen LogP contribution >= 0.6 is 0 Å². The van der Waals surface area contributed by atoms with Gasteiger partial charge in [0.05, 0.1) is 32.0 Å². The topological polar surface area (TPSA) is 63.1 Å². The maximum atomic E-state index is 5.38. The maximum absolute atomic E-state index is 5.38. The van der Waals surface area contributed by atoms with Crippen molar-refractivity contribution in [3.8, 4) is 0 Å². The molecule has 0 N–H and O–H groups in total. The lowest BCUT2D eigenvalue weighted by atomic mass is 10.0. The lowest BCUT2D eigenvalue weighted by molar-refractivity contribution is 0.0210. The molecule has 7 nitrogen and oxygen atoms in total. The molecule has 0 spiro atoms. The Morgan fingerprint density at radius 2 is 1.95 bits per heavy atom. The van der Waals surface area contributed by atoms with Crippen molar-refractivity contribution in [1.29, 1.82) is 0 Å². The van der Waals surface area contributed by atoms with Crippen LogP contribution < -0.4 is 10.4 Å². The zero-order chi connectivity index (χ0) is 14.5. The Bertz CT molecular complexity index is 482. The zero-order valence-corrected chi connectivity index (χ0v) is 12.4. The van der Waals surface area contributed by atoms with Crippen LogP contribution in [0.2, 0.25) is 0 Å². The highest BCUT2D eigenvalue weighted by molar-refractivity contribution is 6.31. The van der Waals surface area contributed by atoms with Gasteiger partial charge < -0.3 is 14.5 Å². The van der Waals surface area contributed by atoms with Gasteiger partial charge >= 0.3 is 0 Å². The van der Waals surface area contributed by atoms with Crippen molar-refractivity contribution in [1.82, 2.24) is 14.9 Å². The van der Waals surface area contributed by atoms with Crippen molar-refractivity contribution in [3.63, 3.8) is 0 Å².